The summed E-state index contributed by atoms with van der Waals surface area (Å²) < 4.78 is 28.1. The number of rotatable bonds is 8. The van der Waals surface area contributed by atoms with Crippen LogP contribution >= 0.6 is 0 Å². The number of hydrogen-bond donors (Lipinski definition) is 2. The van der Waals surface area contributed by atoms with Crippen molar-refractivity contribution in [1.82, 2.24) is 14.9 Å². The molecule has 0 atom stereocenters. The number of carbonyl (C=O) groups excluding carboxylic acids is 1. The van der Waals surface area contributed by atoms with Crippen LogP contribution in [-0.4, -0.2) is 36.2 Å². The zero-order chi connectivity index (χ0) is 20.1. The SMILES string of the molecule is CCCS(=O)(=O)Nc1ccc(C(=O)NCCc2nc3ccccc3n2C)cc1. The number of nitrogens with zero attached hydrogens (tertiary/aromatic N) is 2. The molecule has 2 N–H and O–H groups in total. The zero-order valence-electron chi connectivity index (χ0n) is 16.0. The lowest BCUT2D eigenvalue weighted by Crippen LogP contribution is -2.26. The van der Waals surface area contributed by atoms with Crippen LogP contribution in [0.25, 0.3) is 11.0 Å². The maximum atomic E-state index is 12.3. The second-order valence-electron chi connectivity index (χ2n) is 6.58. The molecule has 0 unspecified atom stereocenters. The largest absolute Gasteiger partial charge is 0.352 e. The average Bonchev–Trinajstić information content (AvgIpc) is 2.98. The van der Waals surface area contributed by atoms with E-state index in [1.165, 1.54) is 0 Å². The Morgan fingerprint density at radius 2 is 1.82 bits per heavy atom. The number of aromatic nitrogens is 2. The molecule has 2 aromatic carbocycles. The third kappa shape index (κ3) is 4.69. The maximum absolute atomic E-state index is 12.3. The molecule has 0 saturated heterocycles. The number of anilines is 1. The first-order chi connectivity index (χ1) is 13.4. The topological polar surface area (TPSA) is 93.1 Å². The molecule has 3 aromatic rings. The fourth-order valence-corrected chi connectivity index (χ4v) is 4.13. The summed E-state index contributed by atoms with van der Waals surface area (Å²) in [6.45, 7) is 2.27. The fraction of sp³-hybridized carbons (Fsp3) is 0.300. The summed E-state index contributed by atoms with van der Waals surface area (Å²) in [7, 11) is -1.37. The van der Waals surface area contributed by atoms with Crippen molar-refractivity contribution >= 4 is 32.7 Å². The van der Waals surface area contributed by atoms with Crippen molar-refractivity contribution in [3.63, 3.8) is 0 Å². The van der Waals surface area contributed by atoms with Crippen LogP contribution in [0.3, 0.4) is 0 Å². The molecule has 1 amide bonds. The van der Waals surface area contributed by atoms with Crippen molar-refractivity contribution in [3.05, 3.63) is 59.9 Å². The summed E-state index contributed by atoms with van der Waals surface area (Å²) in [5, 5.41) is 2.88. The summed E-state index contributed by atoms with van der Waals surface area (Å²) in [5.41, 5.74) is 2.92. The minimum absolute atomic E-state index is 0.0669. The molecule has 0 spiro atoms. The molecule has 1 aromatic heterocycles. The lowest BCUT2D eigenvalue weighted by atomic mass is 10.2. The summed E-state index contributed by atoms with van der Waals surface area (Å²) in [6.07, 6.45) is 1.16. The highest BCUT2D eigenvalue weighted by atomic mass is 32.2. The van der Waals surface area contributed by atoms with Gasteiger partial charge in [0.2, 0.25) is 10.0 Å². The highest BCUT2D eigenvalue weighted by Gasteiger charge is 2.11. The highest BCUT2D eigenvalue weighted by molar-refractivity contribution is 7.92. The third-order valence-electron chi connectivity index (χ3n) is 4.41. The predicted molar refractivity (Wildman–Crippen MR) is 111 cm³/mol. The molecule has 0 bridgehead atoms. The number of sulfonamides is 1. The van der Waals surface area contributed by atoms with E-state index in [-0.39, 0.29) is 11.7 Å². The number of nitrogens with one attached hydrogen (secondary N) is 2. The molecule has 0 fully saturated rings. The smallest absolute Gasteiger partial charge is 0.251 e. The highest BCUT2D eigenvalue weighted by Crippen LogP contribution is 2.15. The maximum Gasteiger partial charge on any atom is 0.251 e. The van der Waals surface area contributed by atoms with E-state index in [0.29, 0.717) is 30.6 Å². The van der Waals surface area contributed by atoms with E-state index < -0.39 is 10.0 Å². The summed E-state index contributed by atoms with van der Waals surface area (Å²) in [5.74, 6) is 0.765. The standard InChI is InChI=1S/C20H24N4O3S/c1-3-14-28(26,27)23-16-10-8-15(9-11-16)20(25)21-13-12-19-22-17-6-4-5-7-18(17)24(19)2/h4-11,23H,3,12-14H2,1-2H3,(H,21,25). The first kappa shape index (κ1) is 19.9. The number of carbonyl (C=O) groups is 1. The minimum Gasteiger partial charge on any atom is -0.352 e. The molecular weight excluding hydrogens is 376 g/mol. The van der Waals surface area contributed by atoms with Gasteiger partial charge in [-0.25, -0.2) is 13.4 Å². The van der Waals surface area contributed by atoms with E-state index >= 15 is 0 Å². The Balaban J connectivity index is 1.56. The zero-order valence-corrected chi connectivity index (χ0v) is 16.8. The summed E-state index contributed by atoms with van der Waals surface area (Å²) >= 11 is 0. The van der Waals surface area contributed by atoms with Crippen LogP contribution in [0.2, 0.25) is 0 Å². The Morgan fingerprint density at radius 1 is 1.11 bits per heavy atom. The summed E-state index contributed by atoms with van der Waals surface area (Å²) in [6, 6.07) is 14.3. The lowest BCUT2D eigenvalue weighted by molar-refractivity contribution is 0.0954. The molecule has 0 radical (unpaired) electrons. The van der Waals surface area contributed by atoms with Crippen LogP contribution in [0.1, 0.15) is 29.5 Å². The summed E-state index contributed by atoms with van der Waals surface area (Å²) in [4.78, 5) is 16.9. The van der Waals surface area contributed by atoms with Crippen LogP contribution < -0.4 is 10.0 Å². The number of para-hydroxylation sites is 2. The van der Waals surface area contributed by atoms with Crippen molar-refractivity contribution in [2.75, 3.05) is 17.0 Å². The van der Waals surface area contributed by atoms with Crippen molar-refractivity contribution in [2.45, 2.75) is 19.8 Å². The molecule has 3 rings (SSSR count). The monoisotopic (exact) mass is 400 g/mol. The minimum atomic E-state index is -3.34. The Morgan fingerprint density at radius 3 is 2.50 bits per heavy atom. The van der Waals surface area contributed by atoms with Gasteiger partial charge in [0.15, 0.2) is 0 Å². The second-order valence-corrected chi connectivity index (χ2v) is 8.42. The molecule has 1 heterocycles. The molecule has 0 aliphatic heterocycles. The molecule has 28 heavy (non-hydrogen) atoms. The van der Waals surface area contributed by atoms with Crippen LogP contribution in [0.5, 0.6) is 0 Å². The van der Waals surface area contributed by atoms with E-state index in [9.17, 15) is 13.2 Å². The van der Waals surface area contributed by atoms with E-state index in [4.69, 9.17) is 0 Å². The van der Waals surface area contributed by atoms with Gasteiger partial charge in [0.25, 0.3) is 5.91 Å². The van der Waals surface area contributed by atoms with Gasteiger partial charge in [-0.15, -0.1) is 0 Å². The van der Waals surface area contributed by atoms with Gasteiger partial charge >= 0.3 is 0 Å². The Kier molecular flexibility index (Phi) is 5.99. The van der Waals surface area contributed by atoms with Crippen LogP contribution in [0.4, 0.5) is 5.69 Å². The number of imidazole rings is 1. The molecule has 7 nitrogen and oxygen atoms in total. The molecule has 8 heteroatoms. The lowest BCUT2D eigenvalue weighted by Gasteiger charge is -2.09. The second kappa shape index (κ2) is 8.43. The van der Waals surface area contributed by atoms with E-state index in [1.54, 1.807) is 31.2 Å². The Hall–Kier alpha value is -2.87. The quantitative estimate of drug-likeness (QED) is 0.608. The van der Waals surface area contributed by atoms with Gasteiger partial charge in [0.05, 0.1) is 16.8 Å². The molecule has 0 aliphatic rings. The Bertz CT molecular complexity index is 1070. The fourth-order valence-electron chi connectivity index (χ4n) is 3.00. The average molecular weight is 401 g/mol. The number of fused-ring (bicyclic) bond motifs is 1. The third-order valence-corrected chi connectivity index (χ3v) is 5.90. The van der Waals surface area contributed by atoms with Gasteiger partial charge < -0.3 is 9.88 Å². The Labute approximate surface area is 164 Å². The first-order valence-corrected chi connectivity index (χ1v) is 10.8. The van der Waals surface area contributed by atoms with Gasteiger partial charge in [-0.3, -0.25) is 9.52 Å². The normalized spacial score (nSPS) is 11.5. The molecule has 148 valence electrons. The van der Waals surface area contributed by atoms with E-state index in [0.717, 1.165) is 16.9 Å². The molecule has 0 aliphatic carbocycles. The van der Waals surface area contributed by atoms with Gasteiger partial charge in [-0.05, 0) is 42.8 Å². The predicted octanol–water partition coefficient (Wildman–Crippen LogP) is 2.70. The van der Waals surface area contributed by atoms with Crippen LogP contribution in [-0.2, 0) is 23.5 Å². The van der Waals surface area contributed by atoms with Gasteiger partial charge in [-0.2, -0.15) is 0 Å². The number of benzene rings is 2. The van der Waals surface area contributed by atoms with Crippen LogP contribution in [0.15, 0.2) is 48.5 Å². The van der Waals surface area contributed by atoms with Gasteiger partial charge in [0.1, 0.15) is 5.82 Å². The van der Waals surface area contributed by atoms with Crippen molar-refractivity contribution in [1.29, 1.82) is 0 Å². The van der Waals surface area contributed by atoms with Gasteiger partial charge in [0, 0.05) is 31.3 Å². The van der Waals surface area contributed by atoms with Crippen molar-refractivity contribution < 1.29 is 13.2 Å². The van der Waals surface area contributed by atoms with Gasteiger partial charge in [-0.1, -0.05) is 19.1 Å². The first-order valence-electron chi connectivity index (χ1n) is 9.18. The van der Waals surface area contributed by atoms with Crippen molar-refractivity contribution in [2.24, 2.45) is 7.05 Å². The van der Waals surface area contributed by atoms with Crippen LogP contribution in [0, 0.1) is 0 Å². The van der Waals surface area contributed by atoms with E-state index in [1.807, 2.05) is 35.9 Å². The number of aryl methyl sites for hydroxylation is 1. The van der Waals surface area contributed by atoms with Crippen molar-refractivity contribution in [3.8, 4) is 0 Å². The number of hydrogen-bond acceptors (Lipinski definition) is 4. The molecular formula is C20H24N4O3S. The van der Waals surface area contributed by atoms with E-state index in [2.05, 4.69) is 15.0 Å². The molecule has 0 saturated carbocycles. The number of amides is 1.